The lowest BCUT2D eigenvalue weighted by molar-refractivity contribution is -0.143. The lowest BCUT2D eigenvalue weighted by Crippen LogP contribution is -2.45. The van der Waals surface area contributed by atoms with Crippen LogP contribution in [0.15, 0.2) is 24.3 Å². The van der Waals surface area contributed by atoms with Crippen molar-refractivity contribution in [3.63, 3.8) is 0 Å². The standard InChI is InChI=1S/C15H18ClNO4/c16-12-7-3-1-5-10(12)9-21-15(20)17-13-8-4-2-6-11(13)14(18)19/h1,3,5,7,11,13H,2,4,6,8-9H2,(H,17,20)(H,18,19)/t11-,13-/m1/s1. The monoisotopic (exact) mass is 311 g/mol. The molecule has 1 saturated carbocycles. The van der Waals surface area contributed by atoms with Crippen molar-refractivity contribution in [2.24, 2.45) is 5.92 Å². The number of nitrogens with one attached hydrogen (secondary N) is 1. The third-order valence-electron chi connectivity index (χ3n) is 3.70. The SMILES string of the molecule is O=C(N[C@@H]1CCCC[C@H]1C(=O)O)OCc1ccccc1Cl. The lowest BCUT2D eigenvalue weighted by Gasteiger charge is -2.28. The van der Waals surface area contributed by atoms with Gasteiger partial charge in [-0.05, 0) is 18.9 Å². The van der Waals surface area contributed by atoms with Gasteiger partial charge in [0.05, 0.1) is 5.92 Å². The van der Waals surface area contributed by atoms with Crippen molar-refractivity contribution in [2.75, 3.05) is 0 Å². The van der Waals surface area contributed by atoms with E-state index >= 15 is 0 Å². The fraction of sp³-hybridized carbons (Fsp3) is 0.467. The van der Waals surface area contributed by atoms with Crippen molar-refractivity contribution in [1.29, 1.82) is 0 Å². The van der Waals surface area contributed by atoms with E-state index in [-0.39, 0.29) is 12.6 Å². The molecule has 114 valence electrons. The quantitative estimate of drug-likeness (QED) is 0.895. The molecule has 0 heterocycles. The maximum Gasteiger partial charge on any atom is 0.407 e. The van der Waals surface area contributed by atoms with E-state index in [1.165, 1.54) is 0 Å². The number of hydrogen-bond donors (Lipinski definition) is 2. The molecular weight excluding hydrogens is 294 g/mol. The van der Waals surface area contributed by atoms with Crippen LogP contribution in [0.2, 0.25) is 5.02 Å². The molecule has 1 aromatic rings. The number of alkyl carbamates (subject to hydrolysis) is 1. The predicted molar refractivity (Wildman–Crippen MR) is 78.2 cm³/mol. The van der Waals surface area contributed by atoms with Crippen LogP contribution >= 0.6 is 11.6 Å². The number of carbonyl (C=O) groups excluding carboxylic acids is 1. The van der Waals surface area contributed by atoms with Crippen LogP contribution in [0.4, 0.5) is 4.79 Å². The summed E-state index contributed by atoms with van der Waals surface area (Å²) in [5.41, 5.74) is 0.716. The number of ether oxygens (including phenoxy) is 1. The lowest BCUT2D eigenvalue weighted by atomic mass is 9.85. The zero-order valence-electron chi connectivity index (χ0n) is 11.5. The van der Waals surface area contributed by atoms with Crippen molar-refractivity contribution >= 4 is 23.7 Å². The second kappa shape index (κ2) is 7.31. The first kappa shape index (κ1) is 15.6. The summed E-state index contributed by atoms with van der Waals surface area (Å²) in [6.45, 7) is 0.0654. The smallest absolute Gasteiger partial charge is 0.407 e. The Kier molecular flexibility index (Phi) is 5.44. The Bertz CT molecular complexity index is 520. The van der Waals surface area contributed by atoms with Gasteiger partial charge in [0.2, 0.25) is 0 Å². The van der Waals surface area contributed by atoms with Gasteiger partial charge in [-0.3, -0.25) is 4.79 Å². The van der Waals surface area contributed by atoms with E-state index in [9.17, 15) is 9.59 Å². The van der Waals surface area contributed by atoms with E-state index in [2.05, 4.69) is 5.32 Å². The Morgan fingerprint density at radius 2 is 2.00 bits per heavy atom. The highest BCUT2D eigenvalue weighted by Gasteiger charge is 2.32. The second-order valence-electron chi connectivity index (χ2n) is 5.15. The van der Waals surface area contributed by atoms with Gasteiger partial charge in [-0.2, -0.15) is 0 Å². The highest BCUT2D eigenvalue weighted by atomic mass is 35.5. The molecule has 0 aromatic heterocycles. The van der Waals surface area contributed by atoms with E-state index in [4.69, 9.17) is 21.4 Å². The predicted octanol–water partition coefficient (Wildman–Crippen LogP) is 3.21. The fourth-order valence-electron chi connectivity index (χ4n) is 2.55. The third kappa shape index (κ3) is 4.36. The molecule has 2 atom stereocenters. The number of carbonyl (C=O) groups is 2. The molecule has 1 aromatic carbocycles. The van der Waals surface area contributed by atoms with Crippen LogP contribution in [0.25, 0.3) is 0 Å². The Labute approximate surface area is 128 Å². The Hall–Kier alpha value is -1.75. The summed E-state index contributed by atoms with van der Waals surface area (Å²) in [5.74, 6) is -1.40. The number of carboxylic acids is 1. The summed E-state index contributed by atoms with van der Waals surface area (Å²) in [6, 6.07) is 6.74. The first-order valence-corrected chi connectivity index (χ1v) is 7.35. The molecule has 21 heavy (non-hydrogen) atoms. The molecule has 6 heteroatoms. The first-order valence-electron chi connectivity index (χ1n) is 6.97. The van der Waals surface area contributed by atoms with Gasteiger partial charge in [0.15, 0.2) is 0 Å². The van der Waals surface area contributed by atoms with Crippen LogP contribution in [0, 0.1) is 5.92 Å². The van der Waals surface area contributed by atoms with Crippen LogP contribution in [-0.2, 0) is 16.1 Å². The van der Waals surface area contributed by atoms with Gasteiger partial charge in [-0.15, -0.1) is 0 Å². The highest BCUT2D eigenvalue weighted by Crippen LogP contribution is 2.25. The number of benzene rings is 1. The van der Waals surface area contributed by atoms with E-state index in [1.54, 1.807) is 18.2 Å². The number of carboxylic acid groups (broad SMARTS) is 1. The minimum Gasteiger partial charge on any atom is -0.481 e. The third-order valence-corrected chi connectivity index (χ3v) is 4.07. The molecule has 0 radical (unpaired) electrons. The minimum atomic E-state index is -0.869. The normalized spacial score (nSPS) is 21.6. The van der Waals surface area contributed by atoms with Gasteiger partial charge in [-0.1, -0.05) is 42.6 Å². The van der Waals surface area contributed by atoms with Crippen molar-refractivity contribution in [2.45, 2.75) is 38.3 Å². The van der Waals surface area contributed by atoms with Crippen LogP contribution < -0.4 is 5.32 Å². The molecule has 2 N–H and O–H groups in total. The van der Waals surface area contributed by atoms with Gasteiger partial charge in [0.25, 0.3) is 0 Å². The van der Waals surface area contributed by atoms with E-state index in [0.717, 1.165) is 12.8 Å². The number of rotatable bonds is 4. The molecule has 0 spiro atoms. The van der Waals surface area contributed by atoms with Gasteiger partial charge in [0, 0.05) is 16.6 Å². The first-order chi connectivity index (χ1) is 10.1. The molecule has 1 amide bonds. The van der Waals surface area contributed by atoms with E-state index in [0.29, 0.717) is 23.4 Å². The van der Waals surface area contributed by atoms with Crippen molar-refractivity contribution in [3.05, 3.63) is 34.9 Å². The minimum absolute atomic E-state index is 0.0654. The number of amides is 1. The summed E-state index contributed by atoms with van der Waals surface area (Å²) in [5, 5.41) is 12.3. The summed E-state index contributed by atoms with van der Waals surface area (Å²) >= 11 is 5.97. The Balaban J connectivity index is 1.86. The topological polar surface area (TPSA) is 75.6 Å². The van der Waals surface area contributed by atoms with Crippen molar-refractivity contribution < 1.29 is 19.4 Å². The average molecular weight is 312 g/mol. The molecule has 1 fully saturated rings. The van der Waals surface area contributed by atoms with Crippen molar-refractivity contribution in [1.82, 2.24) is 5.32 Å². The zero-order chi connectivity index (χ0) is 15.2. The average Bonchev–Trinajstić information content (AvgIpc) is 2.47. The summed E-state index contributed by atoms with van der Waals surface area (Å²) < 4.78 is 5.11. The largest absolute Gasteiger partial charge is 0.481 e. The molecule has 0 unspecified atom stereocenters. The molecule has 0 bridgehead atoms. The summed E-state index contributed by atoms with van der Waals surface area (Å²) in [4.78, 5) is 23.0. The van der Waals surface area contributed by atoms with Gasteiger partial charge in [-0.25, -0.2) is 4.79 Å². The van der Waals surface area contributed by atoms with E-state index < -0.39 is 18.0 Å². The van der Waals surface area contributed by atoms with Crippen LogP contribution in [0.3, 0.4) is 0 Å². The summed E-state index contributed by atoms with van der Waals surface area (Å²) in [6.07, 6.45) is 2.44. The molecule has 1 aliphatic rings. The number of halogens is 1. The van der Waals surface area contributed by atoms with Gasteiger partial charge < -0.3 is 15.2 Å². The van der Waals surface area contributed by atoms with E-state index in [1.807, 2.05) is 6.07 Å². The van der Waals surface area contributed by atoms with Crippen LogP contribution in [0.5, 0.6) is 0 Å². The highest BCUT2D eigenvalue weighted by molar-refractivity contribution is 6.31. The van der Waals surface area contributed by atoms with Crippen LogP contribution in [-0.4, -0.2) is 23.2 Å². The van der Waals surface area contributed by atoms with Crippen molar-refractivity contribution in [3.8, 4) is 0 Å². The Morgan fingerprint density at radius 1 is 1.29 bits per heavy atom. The molecule has 1 aliphatic carbocycles. The second-order valence-corrected chi connectivity index (χ2v) is 5.55. The number of aliphatic carboxylic acids is 1. The Morgan fingerprint density at radius 3 is 2.71 bits per heavy atom. The fourth-order valence-corrected chi connectivity index (χ4v) is 2.74. The molecule has 0 saturated heterocycles. The molecule has 0 aliphatic heterocycles. The zero-order valence-corrected chi connectivity index (χ0v) is 12.3. The van der Waals surface area contributed by atoms with Crippen LogP contribution in [0.1, 0.15) is 31.2 Å². The maximum atomic E-state index is 11.8. The van der Waals surface area contributed by atoms with Gasteiger partial charge in [0.1, 0.15) is 6.61 Å². The van der Waals surface area contributed by atoms with Gasteiger partial charge >= 0.3 is 12.1 Å². The summed E-state index contributed by atoms with van der Waals surface area (Å²) in [7, 11) is 0. The molecule has 5 nitrogen and oxygen atoms in total. The molecular formula is C15H18ClNO4. The molecule has 2 rings (SSSR count). The number of hydrogen-bond acceptors (Lipinski definition) is 3. The maximum absolute atomic E-state index is 11.8.